The molecular weight excluding hydrogens is 232 g/mol. The SMILES string of the molecule is CCCN(C(C)=O)C1(C(=O)O)CCN(C2CC2)C1. The van der Waals surface area contributed by atoms with Crippen LogP contribution in [0.3, 0.4) is 0 Å². The lowest BCUT2D eigenvalue weighted by molar-refractivity contribution is -0.157. The zero-order chi connectivity index (χ0) is 13.3. The molecule has 5 nitrogen and oxygen atoms in total. The number of amides is 1. The summed E-state index contributed by atoms with van der Waals surface area (Å²) in [5, 5.41) is 9.61. The molecule has 1 amide bonds. The monoisotopic (exact) mass is 254 g/mol. The van der Waals surface area contributed by atoms with E-state index in [2.05, 4.69) is 4.90 Å². The zero-order valence-corrected chi connectivity index (χ0v) is 11.2. The molecule has 0 aromatic carbocycles. The Labute approximate surface area is 108 Å². The van der Waals surface area contributed by atoms with Crippen LogP contribution in [0.25, 0.3) is 0 Å². The Hall–Kier alpha value is -1.10. The second-order valence-electron chi connectivity index (χ2n) is 5.46. The van der Waals surface area contributed by atoms with Crippen LogP contribution in [0.1, 0.15) is 39.5 Å². The van der Waals surface area contributed by atoms with Crippen LogP contribution in [0.4, 0.5) is 0 Å². The van der Waals surface area contributed by atoms with Gasteiger partial charge in [0.1, 0.15) is 0 Å². The van der Waals surface area contributed by atoms with Gasteiger partial charge in [-0.05, 0) is 25.7 Å². The Kier molecular flexibility index (Phi) is 3.61. The highest BCUT2D eigenvalue weighted by atomic mass is 16.4. The van der Waals surface area contributed by atoms with Crippen molar-refractivity contribution in [1.29, 1.82) is 0 Å². The number of carbonyl (C=O) groups is 2. The summed E-state index contributed by atoms with van der Waals surface area (Å²) in [4.78, 5) is 27.3. The summed E-state index contributed by atoms with van der Waals surface area (Å²) >= 11 is 0. The molecule has 0 spiro atoms. The van der Waals surface area contributed by atoms with Gasteiger partial charge in [0.15, 0.2) is 5.54 Å². The molecule has 0 radical (unpaired) electrons. The molecule has 1 unspecified atom stereocenters. The van der Waals surface area contributed by atoms with Gasteiger partial charge in [-0.3, -0.25) is 9.69 Å². The van der Waals surface area contributed by atoms with Gasteiger partial charge in [-0.15, -0.1) is 0 Å². The molecule has 1 N–H and O–H groups in total. The molecule has 1 aliphatic heterocycles. The molecule has 102 valence electrons. The first kappa shape index (κ1) is 13.3. The molecule has 5 heteroatoms. The Morgan fingerprint density at radius 2 is 2.11 bits per heavy atom. The van der Waals surface area contributed by atoms with E-state index in [-0.39, 0.29) is 5.91 Å². The summed E-state index contributed by atoms with van der Waals surface area (Å²) < 4.78 is 0. The first-order valence-electron chi connectivity index (χ1n) is 6.77. The minimum Gasteiger partial charge on any atom is -0.479 e. The van der Waals surface area contributed by atoms with E-state index in [0.717, 1.165) is 13.0 Å². The lowest BCUT2D eigenvalue weighted by Gasteiger charge is -2.37. The van der Waals surface area contributed by atoms with E-state index >= 15 is 0 Å². The summed E-state index contributed by atoms with van der Waals surface area (Å²) in [6.07, 6.45) is 3.68. The highest BCUT2D eigenvalue weighted by Gasteiger charge is 2.52. The van der Waals surface area contributed by atoms with Gasteiger partial charge in [-0.25, -0.2) is 4.79 Å². The predicted octanol–water partition coefficient (Wildman–Crippen LogP) is 0.936. The molecule has 0 aromatic heterocycles. The molecule has 1 atom stereocenters. The lowest BCUT2D eigenvalue weighted by Crippen LogP contribution is -2.58. The van der Waals surface area contributed by atoms with Crippen molar-refractivity contribution in [2.45, 2.75) is 51.1 Å². The largest absolute Gasteiger partial charge is 0.479 e. The van der Waals surface area contributed by atoms with Crippen molar-refractivity contribution in [2.24, 2.45) is 0 Å². The third-order valence-electron chi connectivity index (χ3n) is 4.08. The van der Waals surface area contributed by atoms with Crippen molar-refractivity contribution in [2.75, 3.05) is 19.6 Å². The summed E-state index contributed by atoms with van der Waals surface area (Å²) in [6, 6.07) is 0.557. The highest BCUT2D eigenvalue weighted by molar-refractivity contribution is 5.86. The predicted molar refractivity (Wildman–Crippen MR) is 67.3 cm³/mol. The van der Waals surface area contributed by atoms with E-state index in [4.69, 9.17) is 0 Å². The smallest absolute Gasteiger partial charge is 0.331 e. The summed E-state index contributed by atoms with van der Waals surface area (Å²) in [7, 11) is 0. The molecule has 2 aliphatic rings. The summed E-state index contributed by atoms with van der Waals surface area (Å²) in [5.41, 5.74) is -0.996. The number of likely N-dealkylation sites (tertiary alicyclic amines) is 1. The quantitative estimate of drug-likeness (QED) is 0.793. The summed E-state index contributed by atoms with van der Waals surface area (Å²) in [6.45, 7) is 5.26. The number of aliphatic carboxylic acids is 1. The van der Waals surface area contributed by atoms with Crippen LogP contribution in [0, 0.1) is 0 Å². The lowest BCUT2D eigenvalue weighted by atomic mass is 9.95. The number of hydrogen-bond donors (Lipinski definition) is 1. The van der Waals surface area contributed by atoms with E-state index in [0.29, 0.717) is 25.6 Å². The molecule has 1 saturated heterocycles. The number of carboxylic acid groups (broad SMARTS) is 1. The van der Waals surface area contributed by atoms with Crippen molar-refractivity contribution in [1.82, 2.24) is 9.80 Å². The number of hydrogen-bond acceptors (Lipinski definition) is 3. The van der Waals surface area contributed by atoms with Crippen LogP contribution < -0.4 is 0 Å². The Bertz CT molecular complexity index is 354. The topological polar surface area (TPSA) is 60.9 Å². The zero-order valence-electron chi connectivity index (χ0n) is 11.2. The first-order chi connectivity index (χ1) is 8.51. The van der Waals surface area contributed by atoms with Crippen LogP contribution >= 0.6 is 0 Å². The molecule has 2 rings (SSSR count). The standard InChI is InChI=1S/C13H22N2O3/c1-3-7-15(10(2)16)13(12(17)18)6-8-14(9-13)11-4-5-11/h11H,3-9H2,1-2H3,(H,17,18). The fourth-order valence-corrected chi connectivity index (χ4v) is 2.98. The van der Waals surface area contributed by atoms with E-state index < -0.39 is 11.5 Å². The Morgan fingerprint density at radius 1 is 1.44 bits per heavy atom. The van der Waals surface area contributed by atoms with Gasteiger partial charge < -0.3 is 10.0 Å². The molecule has 1 aliphatic carbocycles. The van der Waals surface area contributed by atoms with Crippen LogP contribution in [0.5, 0.6) is 0 Å². The number of carboxylic acids is 1. The average Bonchev–Trinajstić information content (AvgIpc) is 3.06. The number of rotatable bonds is 5. The number of carbonyl (C=O) groups excluding carboxylic acids is 1. The van der Waals surface area contributed by atoms with Gasteiger partial charge >= 0.3 is 5.97 Å². The molecule has 2 fully saturated rings. The van der Waals surface area contributed by atoms with Crippen molar-refractivity contribution in [3.63, 3.8) is 0 Å². The van der Waals surface area contributed by atoms with Crippen molar-refractivity contribution < 1.29 is 14.7 Å². The Balaban J connectivity index is 2.20. The second kappa shape index (κ2) is 4.88. The fraction of sp³-hybridized carbons (Fsp3) is 0.846. The van der Waals surface area contributed by atoms with E-state index in [9.17, 15) is 14.7 Å². The molecule has 0 bridgehead atoms. The minimum absolute atomic E-state index is 0.128. The van der Waals surface area contributed by atoms with Crippen LogP contribution in [0.15, 0.2) is 0 Å². The van der Waals surface area contributed by atoms with Crippen LogP contribution in [-0.2, 0) is 9.59 Å². The molecule has 18 heavy (non-hydrogen) atoms. The van der Waals surface area contributed by atoms with Crippen LogP contribution in [-0.4, -0.2) is 58.0 Å². The van der Waals surface area contributed by atoms with Gasteiger partial charge in [0, 0.05) is 32.6 Å². The fourth-order valence-electron chi connectivity index (χ4n) is 2.98. The third-order valence-corrected chi connectivity index (χ3v) is 4.08. The highest BCUT2D eigenvalue weighted by Crippen LogP contribution is 2.36. The van der Waals surface area contributed by atoms with Crippen molar-refractivity contribution in [3.8, 4) is 0 Å². The molecule has 1 heterocycles. The Morgan fingerprint density at radius 3 is 2.56 bits per heavy atom. The minimum atomic E-state index is -0.996. The first-order valence-corrected chi connectivity index (χ1v) is 6.77. The van der Waals surface area contributed by atoms with Gasteiger partial charge in [-0.2, -0.15) is 0 Å². The maximum Gasteiger partial charge on any atom is 0.331 e. The normalized spacial score (nSPS) is 28.3. The van der Waals surface area contributed by atoms with Gasteiger partial charge in [-0.1, -0.05) is 6.92 Å². The average molecular weight is 254 g/mol. The molecule has 0 aromatic rings. The maximum atomic E-state index is 11.8. The van der Waals surface area contributed by atoms with Crippen molar-refractivity contribution in [3.05, 3.63) is 0 Å². The van der Waals surface area contributed by atoms with Crippen LogP contribution in [0.2, 0.25) is 0 Å². The van der Waals surface area contributed by atoms with E-state index in [1.54, 1.807) is 4.90 Å². The van der Waals surface area contributed by atoms with E-state index in [1.807, 2.05) is 6.92 Å². The maximum absolute atomic E-state index is 11.8. The second-order valence-corrected chi connectivity index (χ2v) is 5.46. The molecular formula is C13H22N2O3. The van der Waals surface area contributed by atoms with E-state index in [1.165, 1.54) is 19.8 Å². The third kappa shape index (κ3) is 2.23. The molecule has 1 saturated carbocycles. The van der Waals surface area contributed by atoms with Crippen molar-refractivity contribution >= 4 is 11.9 Å². The van der Waals surface area contributed by atoms with Gasteiger partial charge in [0.25, 0.3) is 0 Å². The summed E-state index contributed by atoms with van der Waals surface area (Å²) in [5.74, 6) is -0.980. The van der Waals surface area contributed by atoms with Gasteiger partial charge in [0.05, 0.1) is 0 Å². The number of nitrogens with zero attached hydrogens (tertiary/aromatic N) is 2. The van der Waals surface area contributed by atoms with Gasteiger partial charge in [0.2, 0.25) is 5.91 Å².